The lowest BCUT2D eigenvalue weighted by atomic mass is 9.80. The van der Waals surface area contributed by atoms with Gasteiger partial charge in [0.1, 0.15) is 0 Å². The second kappa shape index (κ2) is 3.62. The molecule has 0 aromatic heterocycles. The molecule has 76 valence electrons. The summed E-state index contributed by atoms with van der Waals surface area (Å²) in [6.45, 7) is 7.59. The summed E-state index contributed by atoms with van der Waals surface area (Å²) in [5.74, 6) is 0. The monoisotopic (exact) mass is 190 g/mol. The summed E-state index contributed by atoms with van der Waals surface area (Å²) >= 11 is 0. The summed E-state index contributed by atoms with van der Waals surface area (Å²) in [6.07, 6.45) is 8.65. The molecule has 0 amide bonds. The number of fused-ring (bicyclic) bond motifs is 2. The Labute approximate surface area is 85.8 Å². The molecule has 1 aliphatic heterocycles. The van der Waals surface area contributed by atoms with E-state index < -0.39 is 0 Å². The van der Waals surface area contributed by atoms with E-state index in [2.05, 4.69) is 48.8 Å². The Morgan fingerprint density at radius 2 is 1.93 bits per heavy atom. The highest BCUT2D eigenvalue weighted by molar-refractivity contribution is 5.36. The van der Waals surface area contributed by atoms with Gasteiger partial charge in [-0.05, 0) is 11.6 Å². The van der Waals surface area contributed by atoms with Gasteiger partial charge in [0.05, 0.1) is 0 Å². The zero-order valence-electron chi connectivity index (χ0n) is 8.93. The van der Waals surface area contributed by atoms with E-state index >= 15 is 0 Å². The van der Waals surface area contributed by atoms with E-state index in [-0.39, 0.29) is 5.41 Å². The SMILES string of the molecule is CC1(C)C2=CC=CC=C1NCCNC2. The van der Waals surface area contributed by atoms with Crippen molar-refractivity contribution in [1.29, 1.82) is 0 Å². The first kappa shape index (κ1) is 9.53. The quantitative estimate of drug-likeness (QED) is 0.606. The second-order valence-corrected chi connectivity index (χ2v) is 4.39. The predicted molar refractivity (Wildman–Crippen MR) is 60.0 cm³/mol. The van der Waals surface area contributed by atoms with Crippen LogP contribution in [0.1, 0.15) is 13.8 Å². The zero-order valence-corrected chi connectivity index (χ0v) is 8.93. The van der Waals surface area contributed by atoms with Crippen LogP contribution >= 0.6 is 0 Å². The lowest BCUT2D eigenvalue weighted by Crippen LogP contribution is -2.40. The third-order valence-corrected chi connectivity index (χ3v) is 3.08. The van der Waals surface area contributed by atoms with Crippen LogP contribution in [0.5, 0.6) is 0 Å². The van der Waals surface area contributed by atoms with Crippen LogP contribution in [-0.2, 0) is 0 Å². The molecule has 0 atom stereocenters. The van der Waals surface area contributed by atoms with E-state index in [1.165, 1.54) is 11.3 Å². The van der Waals surface area contributed by atoms with Gasteiger partial charge in [-0.25, -0.2) is 0 Å². The molecule has 0 aromatic carbocycles. The Bertz CT molecular complexity index is 280. The van der Waals surface area contributed by atoms with Gasteiger partial charge in [-0.2, -0.15) is 0 Å². The fraction of sp³-hybridized carbons (Fsp3) is 0.500. The van der Waals surface area contributed by atoms with Crippen molar-refractivity contribution in [2.24, 2.45) is 5.41 Å². The number of nitrogens with one attached hydrogen (secondary N) is 2. The summed E-state index contributed by atoms with van der Waals surface area (Å²) in [4.78, 5) is 0. The summed E-state index contributed by atoms with van der Waals surface area (Å²) in [5.41, 5.74) is 2.92. The standard InChI is InChI=1S/C12H18N2/c1-12(2)10-5-3-4-6-11(12)14-8-7-13-9-10/h3-6,13-14H,7-9H2,1-2H3. The van der Waals surface area contributed by atoms with Crippen molar-refractivity contribution < 1.29 is 0 Å². The highest BCUT2D eigenvalue weighted by Gasteiger charge is 2.28. The van der Waals surface area contributed by atoms with Gasteiger partial charge in [0.2, 0.25) is 0 Å². The highest BCUT2D eigenvalue weighted by atomic mass is 15.0. The minimum Gasteiger partial charge on any atom is -0.386 e. The molecule has 0 spiro atoms. The lowest BCUT2D eigenvalue weighted by molar-refractivity contribution is 0.448. The Kier molecular flexibility index (Phi) is 2.46. The second-order valence-electron chi connectivity index (χ2n) is 4.39. The van der Waals surface area contributed by atoms with Gasteiger partial charge in [0, 0.05) is 30.7 Å². The van der Waals surface area contributed by atoms with Crippen LogP contribution in [-0.4, -0.2) is 19.6 Å². The van der Waals surface area contributed by atoms with Crippen LogP contribution in [0, 0.1) is 5.41 Å². The van der Waals surface area contributed by atoms with Gasteiger partial charge in [-0.3, -0.25) is 0 Å². The average molecular weight is 190 g/mol. The molecule has 2 rings (SSSR count). The zero-order chi connectivity index (χ0) is 10.0. The molecule has 1 fully saturated rings. The molecule has 2 nitrogen and oxygen atoms in total. The molecule has 0 saturated carbocycles. The normalized spacial score (nSPS) is 25.0. The van der Waals surface area contributed by atoms with Crippen LogP contribution in [0.3, 0.4) is 0 Å². The van der Waals surface area contributed by atoms with Gasteiger partial charge >= 0.3 is 0 Å². The van der Waals surface area contributed by atoms with Crippen molar-refractivity contribution in [2.45, 2.75) is 13.8 Å². The first-order valence-corrected chi connectivity index (χ1v) is 5.24. The Morgan fingerprint density at radius 1 is 1.14 bits per heavy atom. The smallest absolute Gasteiger partial charge is 0.0269 e. The van der Waals surface area contributed by atoms with Gasteiger partial charge in [-0.15, -0.1) is 0 Å². The Hall–Kier alpha value is -1.02. The highest BCUT2D eigenvalue weighted by Crippen LogP contribution is 2.34. The summed E-state index contributed by atoms with van der Waals surface area (Å²) in [5, 5.41) is 6.92. The van der Waals surface area contributed by atoms with Crippen LogP contribution in [0.25, 0.3) is 0 Å². The van der Waals surface area contributed by atoms with Crippen LogP contribution in [0.15, 0.2) is 35.6 Å². The van der Waals surface area contributed by atoms with E-state index in [0.29, 0.717) is 0 Å². The Morgan fingerprint density at radius 3 is 2.79 bits per heavy atom. The fourth-order valence-electron chi connectivity index (χ4n) is 1.98. The maximum absolute atomic E-state index is 3.49. The molecule has 2 aliphatic rings. The van der Waals surface area contributed by atoms with Crippen molar-refractivity contribution in [3.8, 4) is 0 Å². The minimum atomic E-state index is 0.136. The van der Waals surface area contributed by atoms with Crippen molar-refractivity contribution in [3.63, 3.8) is 0 Å². The molecule has 1 saturated heterocycles. The van der Waals surface area contributed by atoms with E-state index in [4.69, 9.17) is 0 Å². The molecule has 1 aliphatic carbocycles. The summed E-state index contributed by atoms with van der Waals surface area (Å²) in [6, 6.07) is 0. The van der Waals surface area contributed by atoms with Crippen LogP contribution in [0.4, 0.5) is 0 Å². The first-order valence-electron chi connectivity index (χ1n) is 5.24. The largest absolute Gasteiger partial charge is 0.386 e. The number of hydrogen-bond donors (Lipinski definition) is 2. The number of allylic oxidation sites excluding steroid dienone is 5. The van der Waals surface area contributed by atoms with Crippen LogP contribution < -0.4 is 10.6 Å². The van der Waals surface area contributed by atoms with E-state index in [1.54, 1.807) is 0 Å². The van der Waals surface area contributed by atoms with E-state index in [0.717, 1.165) is 19.6 Å². The maximum atomic E-state index is 3.49. The molecule has 0 radical (unpaired) electrons. The minimum absolute atomic E-state index is 0.136. The first-order chi connectivity index (χ1) is 6.71. The van der Waals surface area contributed by atoms with Gasteiger partial charge in [0.25, 0.3) is 0 Å². The number of hydrogen-bond acceptors (Lipinski definition) is 2. The van der Waals surface area contributed by atoms with Crippen LogP contribution in [0.2, 0.25) is 0 Å². The molecule has 0 aromatic rings. The molecule has 0 unspecified atom stereocenters. The molecule has 1 heterocycles. The topological polar surface area (TPSA) is 24.1 Å². The van der Waals surface area contributed by atoms with Crippen molar-refractivity contribution in [2.75, 3.05) is 19.6 Å². The number of rotatable bonds is 0. The van der Waals surface area contributed by atoms with Gasteiger partial charge in [-0.1, -0.05) is 32.1 Å². The summed E-state index contributed by atoms with van der Waals surface area (Å²) in [7, 11) is 0. The third-order valence-electron chi connectivity index (χ3n) is 3.08. The Balaban J connectivity index is 2.39. The van der Waals surface area contributed by atoms with E-state index in [1.807, 2.05) is 0 Å². The van der Waals surface area contributed by atoms with Crippen molar-refractivity contribution in [1.82, 2.24) is 10.6 Å². The third kappa shape index (κ3) is 1.62. The molecular formula is C12H18N2. The molecule has 2 heteroatoms. The maximum Gasteiger partial charge on any atom is 0.0269 e. The average Bonchev–Trinajstić information content (AvgIpc) is 2.30. The molecule has 2 N–H and O–H groups in total. The molecular weight excluding hydrogens is 172 g/mol. The predicted octanol–water partition coefficient (Wildman–Crippen LogP) is 1.59. The van der Waals surface area contributed by atoms with Gasteiger partial charge in [0.15, 0.2) is 0 Å². The molecule has 2 bridgehead atoms. The van der Waals surface area contributed by atoms with Crippen molar-refractivity contribution in [3.05, 3.63) is 35.6 Å². The summed E-state index contributed by atoms with van der Waals surface area (Å²) < 4.78 is 0. The fourth-order valence-corrected chi connectivity index (χ4v) is 1.98. The van der Waals surface area contributed by atoms with E-state index in [9.17, 15) is 0 Å². The van der Waals surface area contributed by atoms with Crippen molar-refractivity contribution >= 4 is 0 Å². The molecule has 14 heavy (non-hydrogen) atoms. The van der Waals surface area contributed by atoms with Gasteiger partial charge < -0.3 is 10.6 Å². The lowest BCUT2D eigenvalue weighted by Gasteiger charge is -2.33.